The largest absolute Gasteiger partial charge is 0.477 e. The lowest BCUT2D eigenvalue weighted by atomic mass is 10.3. The van der Waals surface area contributed by atoms with Crippen LogP contribution in [-0.2, 0) is 9.47 Å². The van der Waals surface area contributed by atoms with E-state index in [1.54, 1.807) is 6.07 Å². The molecule has 1 aliphatic heterocycles. The zero-order valence-electron chi connectivity index (χ0n) is 9.26. The molecule has 1 fully saturated rings. The summed E-state index contributed by atoms with van der Waals surface area (Å²) in [5, 5.41) is 11.8. The standard InChI is InChI=1S/C11H14N2O4/c14-11(15)10-2-1-8(5-13-10)12-6-9-7-16-3-4-17-9/h1-2,5,9,12H,3-4,6-7H2,(H,14,15). The molecule has 6 heteroatoms. The Hall–Kier alpha value is -1.66. The number of rotatable bonds is 4. The average Bonchev–Trinajstić information content (AvgIpc) is 2.38. The van der Waals surface area contributed by atoms with Crippen molar-refractivity contribution in [1.29, 1.82) is 0 Å². The van der Waals surface area contributed by atoms with Gasteiger partial charge in [-0.1, -0.05) is 0 Å². The Kier molecular flexibility index (Phi) is 3.89. The Morgan fingerprint density at radius 1 is 1.53 bits per heavy atom. The van der Waals surface area contributed by atoms with Crippen LogP contribution in [0.25, 0.3) is 0 Å². The topological polar surface area (TPSA) is 80.7 Å². The van der Waals surface area contributed by atoms with Gasteiger partial charge in [0, 0.05) is 6.54 Å². The van der Waals surface area contributed by atoms with E-state index in [9.17, 15) is 4.79 Å². The second-order valence-electron chi connectivity index (χ2n) is 3.69. The lowest BCUT2D eigenvalue weighted by molar-refractivity contribution is -0.0818. The molecule has 2 rings (SSSR count). The monoisotopic (exact) mass is 238 g/mol. The number of carbonyl (C=O) groups is 1. The second kappa shape index (κ2) is 5.60. The summed E-state index contributed by atoms with van der Waals surface area (Å²) < 4.78 is 10.7. The molecule has 0 aliphatic carbocycles. The molecule has 0 bridgehead atoms. The van der Waals surface area contributed by atoms with Gasteiger partial charge < -0.3 is 19.9 Å². The van der Waals surface area contributed by atoms with Crippen LogP contribution in [0.4, 0.5) is 5.69 Å². The molecule has 1 aromatic heterocycles. The van der Waals surface area contributed by atoms with E-state index in [-0.39, 0.29) is 11.8 Å². The summed E-state index contributed by atoms with van der Waals surface area (Å²) >= 11 is 0. The van der Waals surface area contributed by atoms with Gasteiger partial charge in [-0.3, -0.25) is 0 Å². The third kappa shape index (κ3) is 3.40. The van der Waals surface area contributed by atoms with Gasteiger partial charge in [-0.05, 0) is 12.1 Å². The van der Waals surface area contributed by atoms with Crippen molar-refractivity contribution in [3.05, 3.63) is 24.0 Å². The highest BCUT2D eigenvalue weighted by Gasteiger charge is 2.13. The van der Waals surface area contributed by atoms with Crippen LogP contribution in [-0.4, -0.2) is 48.5 Å². The molecule has 1 aliphatic rings. The first-order valence-corrected chi connectivity index (χ1v) is 5.38. The minimum Gasteiger partial charge on any atom is -0.477 e. The van der Waals surface area contributed by atoms with Gasteiger partial charge >= 0.3 is 5.97 Å². The Bertz CT molecular complexity index is 374. The van der Waals surface area contributed by atoms with Gasteiger partial charge in [-0.2, -0.15) is 0 Å². The Morgan fingerprint density at radius 3 is 3.00 bits per heavy atom. The number of hydrogen-bond donors (Lipinski definition) is 2. The molecule has 2 heterocycles. The lowest BCUT2D eigenvalue weighted by Crippen LogP contribution is -2.34. The Labute approximate surface area is 98.6 Å². The lowest BCUT2D eigenvalue weighted by Gasteiger charge is -2.23. The molecule has 6 nitrogen and oxygen atoms in total. The molecule has 0 amide bonds. The number of nitrogens with zero attached hydrogens (tertiary/aromatic N) is 1. The van der Waals surface area contributed by atoms with E-state index in [1.165, 1.54) is 12.3 Å². The number of carboxylic acids is 1. The molecular weight excluding hydrogens is 224 g/mol. The highest BCUT2D eigenvalue weighted by molar-refractivity contribution is 5.85. The normalized spacial score (nSPS) is 19.9. The summed E-state index contributed by atoms with van der Waals surface area (Å²) in [6, 6.07) is 3.14. The predicted octanol–water partition coefficient (Wildman–Crippen LogP) is 0.607. The number of anilines is 1. The highest BCUT2D eigenvalue weighted by Crippen LogP contribution is 2.08. The van der Waals surface area contributed by atoms with Gasteiger partial charge in [0.25, 0.3) is 0 Å². The molecule has 1 unspecified atom stereocenters. The average molecular weight is 238 g/mol. The van der Waals surface area contributed by atoms with Crippen LogP contribution >= 0.6 is 0 Å². The maximum absolute atomic E-state index is 10.6. The van der Waals surface area contributed by atoms with Crippen molar-refractivity contribution in [2.75, 3.05) is 31.7 Å². The van der Waals surface area contributed by atoms with Crippen LogP contribution in [0.15, 0.2) is 18.3 Å². The van der Waals surface area contributed by atoms with Gasteiger partial charge in [0.2, 0.25) is 0 Å². The summed E-state index contributed by atoms with van der Waals surface area (Å²) in [4.78, 5) is 14.4. The number of hydrogen-bond acceptors (Lipinski definition) is 5. The second-order valence-corrected chi connectivity index (χ2v) is 3.69. The van der Waals surface area contributed by atoms with Crippen molar-refractivity contribution in [3.8, 4) is 0 Å². The summed E-state index contributed by atoms with van der Waals surface area (Å²) in [5.41, 5.74) is 0.803. The maximum Gasteiger partial charge on any atom is 0.354 e. The number of aromatic carboxylic acids is 1. The van der Waals surface area contributed by atoms with Crippen molar-refractivity contribution in [3.63, 3.8) is 0 Å². The van der Waals surface area contributed by atoms with Gasteiger partial charge in [0.15, 0.2) is 0 Å². The summed E-state index contributed by atoms with van der Waals surface area (Å²) in [6.07, 6.45) is 1.52. The molecular formula is C11H14N2O4. The van der Waals surface area contributed by atoms with E-state index < -0.39 is 5.97 Å². The molecule has 1 saturated heterocycles. The molecule has 1 atom stereocenters. The van der Waals surface area contributed by atoms with E-state index in [4.69, 9.17) is 14.6 Å². The van der Waals surface area contributed by atoms with Crippen LogP contribution < -0.4 is 5.32 Å². The zero-order chi connectivity index (χ0) is 12.1. The van der Waals surface area contributed by atoms with Gasteiger partial charge in [-0.25, -0.2) is 9.78 Å². The molecule has 1 aromatic rings. The maximum atomic E-state index is 10.6. The van der Waals surface area contributed by atoms with Crippen LogP contribution in [0.1, 0.15) is 10.5 Å². The smallest absolute Gasteiger partial charge is 0.354 e. The van der Waals surface area contributed by atoms with E-state index >= 15 is 0 Å². The molecule has 2 N–H and O–H groups in total. The van der Waals surface area contributed by atoms with Gasteiger partial charge in [-0.15, -0.1) is 0 Å². The van der Waals surface area contributed by atoms with E-state index in [0.717, 1.165) is 5.69 Å². The van der Waals surface area contributed by atoms with Crippen molar-refractivity contribution in [2.45, 2.75) is 6.10 Å². The number of ether oxygens (including phenoxy) is 2. The minimum atomic E-state index is -1.03. The minimum absolute atomic E-state index is 0.0305. The predicted molar refractivity (Wildman–Crippen MR) is 60.2 cm³/mol. The number of aromatic nitrogens is 1. The third-order valence-corrected chi connectivity index (χ3v) is 2.40. The van der Waals surface area contributed by atoms with Crippen LogP contribution in [0, 0.1) is 0 Å². The summed E-state index contributed by atoms with van der Waals surface area (Å²) in [7, 11) is 0. The Morgan fingerprint density at radius 2 is 2.41 bits per heavy atom. The van der Waals surface area contributed by atoms with Crippen molar-refractivity contribution in [1.82, 2.24) is 4.98 Å². The number of nitrogens with one attached hydrogen (secondary N) is 1. The zero-order valence-corrected chi connectivity index (χ0v) is 9.26. The molecule has 92 valence electrons. The van der Waals surface area contributed by atoms with Gasteiger partial charge in [0.1, 0.15) is 5.69 Å². The molecule has 0 saturated carbocycles. The Balaban J connectivity index is 1.84. The number of pyridine rings is 1. The fourth-order valence-corrected chi connectivity index (χ4v) is 1.51. The quantitative estimate of drug-likeness (QED) is 0.799. The van der Waals surface area contributed by atoms with Crippen LogP contribution in [0.5, 0.6) is 0 Å². The van der Waals surface area contributed by atoms with E-state index in [0.29, 0.717) is 26.4 Å². The molecule has 0 spiro atoms. The first kappa shape index (κ1) is 11.8. The van der Waals surface area contributed by atoms with Crippen LogP contribution in [0.2, 0.25) is 0 Å². The van der Waals surface area contributed by atoms with Gasteiger partial charge in [0.05, 0.1) is 37.8 Å². The van der Waals surface area contributed by atoms with E-state index in [2.05, 4.69) is 10.3 Å². The molecule has 17 heavy (non-hydrogen) atoms. The third-order valence-electron chi connectivity index (χ3n) is 2.40. The fraction of sp³-hybridized carbons (Fsp3) is 0.455. The van der Waals surface area contributed by atoms with Crippen molar-refractivity contribution < 1.29 is 19.4 Å². The SMILES string of the molecule is O=C(O)c1ccc(NCC2COCCO2)cn1. The fourth-order valence-electron chi connectivity index (χ4n) is 1.51. The summed E-state index contributed by atoms with van der Waals surface area (Å²) in [6.45, 7) is 2.45. The van der Waals surface area contributed by atoms with Crippen LogP contribution in [0.3, 0.4) is 0 Å². The summed E-state index contributed by atoms with van der Waals surface area (Å²) in [5.74, 6) is -1.03. The first-order chi connectivity index (χ1) is 8.25. The molecule has 0 radical (unpaired) electrons. The molecule has 0 aromatic carbocycles. The van der Waals surface area contributed by atoms with Crippen molar-refractivity contribution in [2.24, 2.45) is 0 Å². The highest BCUT2D eigenvalue weighted by atomic mass is 16.6. The number of carboxylic acid groups (broad SMARTS) is 1. The van der Waals surface area contributed by atoms with E-state index in [1.807, 2.05) is 0 Å². The van der Waals surface area contributed by atoms with Crippen molar-refractivity contribution >= 4 is 11.7 Å². The first-order valence-electron chi connectivity index (χ1n) is 5.38.